The second-order valence-electron chi connectivity index (χ2n) is 1.17. The quantitative estimate of drug-likeness (QED) is 0.559. The smallest absolute Gasteiger partial charge is 0.231 e. The van der Waals surface area contributed by atoms with E-state index in [0.29, 0.717) is 0 Å². The van der Waals surface area contributed by atoms with Crippen molar-refractivity contribution in [1.29, 1.82) is 0 Å². The summed E-state index contributed by atoms with van der Waals surface area (Å²) in [7, 11) is 0. The Hall–Kier alpha value is 2.07. The number of rotatable bonds is 1. The van der Waals surface area contributed by atoms with Crippen LogP contribution in [0.4, 0.5) is 0 Å². The summed E-state index contributed by atoms with van der Waals surface area (Å²) in [4.78, 5) is 10.2. The fourth-order valence-electron chi connectivity index (χ4n) is 0.0579. The molecule has 0 aromatic rings. The minimum absolute atomic E-state index is 0.707. The fourth-order valence-corrected chi connectivity index (χ4v) is 0.301. The zero-order valence-corrected chi connectivity index (χ0v) is 11.7. The zero-order chi connectivity index (χ0) is 7.71. The Morgan fingerprint density at radius 2 is 1.33 bits per heavy atom. The second-order valence-corrected chi connectivity index (χ2v) is 11.4. The van der Waals surface area contributed by atoms with Crippen molar-refractivity contribution in [2.24, 2.45) is 0 Å². The largest absolute Gasteiger partial charge is 0.288 e. The minimum Gasteiger partial charge on any atom is -0.288 e. The highest BCUT2D eigenvalue weighted by Crippen LogP contribution is 2.51. The van der Waals surface area contributed by atoms with Crippen LogP contribution in [0.3, 0.4) is 0 Å². The Morgan fingerprint density at radius 3 is 1.33 bits per heavy atom. The highest BCUT2D eigenvalue weighted by Gasteiger charge is 2.43. The van der Waals surface area contributed by atoms with Gasteiger partial charge in [0.1, 0.15) is 0 Å². The highest BCUT2D eigenvalue weighted by molar-refractivity contribution is 9.41. The summed E-state index contributed by atoms with van der Waals surface area (Å²) in [5, 5.41) is 0. The summed E-state index contributed by atoms with van der Waals surface area (Å²) in [6, 6.07) is 0. The first-order valence-corrected chi connectivity index (χ1v) is 5.61. The molecular weight excluding hydrogens is 452 g/mol. The van der Waals surface area contributed by atoms with Gasteiger partial charge in [-0.05, 0) is 0 Å². The van der Waals surface area contributed by atoms with Gasteiger partial charge in [-0.3, -0.25) is 4.79 Å². The van der Waals surface area contributed by atoms with Gasteiger partial charge >= 0.3 is 0 Å². The molecular formula is C3Br5O. The SMILES string of the molecule is O=[C]C(Br)(Br)C(Br)(Br)Br. The van der Waals surface area contributed by atoms with Crippen molar-refractivity contribution in [1.82, 2.24) is 0 Å². The molecule has 1 radical (unpaired) electrons. The standard InChI is InChI=1S/C3Br5O/c4-2(5,1-9)3(6,7)8. The molecule has 0 saturated carbocycles. The van der Waals surface area contributed by atoms with Gasteiger partial charge in [0.25, 0.3) is 0 Å². The lowest BCUT2D eigenvalue weighted by Crippen LogP contribution is -2.29. The van der Waals surface area contributed by atoms with Crippen molar-refractivity contribution in [3.8, 4) is 0 Å². The Kier molecular flexibility index (Phi) is 4.49. The molecule has 0 aromatic heterocycles. The summed E-state index contributed by atoms with van der Waals surface area (Å²) in [6.07, 6.45) is 1.72. The summed E-state index contributed by atoms with van der Waals surface area (Å²) in [6.45, 7) is 0. The average Bonchev–Trinajstić information content (AvgIpc) is 1.64. The third-order valence-electron chi connectivity index (χ3n) is 0.484. The van der Waals surface area contributed by atoms with Gasteiger partial charge in [0.05, 0.1) is 0 Å². The van der Waals surface area contributed by atoms with Gasteiger partial charge in [0.15, 0.2) is 5.38 Å². The first-order chi connectivity index (χ1) is 3.81. The Bertz CT molecular complexity index is 114. The second kappa shape index (κ2) is 3.65. The summed E-state index contributed by atoms with van der Waals surface area (Å²) < 4.78 is -1.66. The predicted octanol–water partition coefficient (Wildman–Crippen LogP) is 3.42. The van der Waals surface area contributed by atoms with Gasteiger partial charge in [0.2, 0.25) is 6.29 Å². The molecule has 0 fully saturated rings. The van der Waals surface area contributed by atoms with Crippen LogP contribution in [0, 0.1) is 0 Å². The monoisotopic (exact) mass is 447 g/mol. The Morgan fingerprint density at radius 1 is 1.00 bits per heavy atom. The van der Waals surface area contributed by atoms with Gasteiger partial charge in [-0.15, -0.1) is 0 Å². The van der Waals surface area contributed by atoms with Crippen LogP contribution in [0.1, 0.15) is 0 Å². The van der Waals surface area contributed by atoms with Crippen molar-refractivity contribution in [3.05, 3.63) is 0 Å². The topological polar surface area (TPSA) is 17.1 Å². The molecule has 0 N–H and O–H groups in total. The average molecular weight is 452 g/mol. The molecule has 0 unspecified atom stereocenters. The van der Waals surface area contributed by atoms with E-state index in [9.17, 15) is 4.79 Å². The van der Waals surface area contributed by atoms with E-state index in [1.54, 1.807) is 6.29 Å². The fraction of sp³-hybridized carbons (Fsp3) is 0.667. The molecule has 0 aromatic carbocycles. The van der Waals surface area contributed by atoms with Crippen molar-refractivity contribution in [3.63, 3.8) is 0 Å². The van der Waals surface area contributed by atoms with Crippen molar-refractivity contribution in [2.45, 2.75) is 5.38 Å². The van der Waals surface area contributed by atoms with Crippen LogP contribution in [0.5, 0.6) is 0 Å². The van der Waals surface area contributed by atoms with Gasteiger partial charge in [-0.2, -0.15) is 0 Å². The van der Waals surface area contributed by atoms with E-state index in [-0.39, 0.29) is 0 Å². The lowest BCUT2D eigenvalue weighted by atomic mass is 10.5. The van der Waals surface area contributed by atoms with Crippen LogP contribution >= 0.6 is 79.6 Å². The summed E-state index contributed by atoms with van der Waals surface area (Å²) >= 11 is 15.5. The van der Waals surface area contributed by atoms with Gasteiger partial charge < -0.3 is 0 Å². The van der Waals surface area contributed by atoms with E-state index in [1.807, 2.05) is 0 Å². The Balaban J connectivity index is 4.32. The Labute approximate surface area is 95.0 Å². The molecule has 0 bridgehead atoms. The minimum atomic E-state index is -0.951. The van der Waals surface area contributed by atoms with E-state index in [0.717, 1.165) is 0 Å². The molecule has 0 aliphatic rings. The van der Waals surface area contributed by atoms with E-state index < -0.39 is 5.38 Å². The molecule has 0 saturated heterocycles. The van der Waals surface area contributed by atoms with Gasteiger partial charge in [0, 0.05) is 0 Å². The third kappa shape index (κ3) is 3.31. The van der Waals surface area contributed by atoms with Crippen LogP contribution < -0.4 is 0 Å². The van der Waals surface area contributed by atoms with Gasteiger partial charge in [-0.1, -0.05) is 79.6 Å². The maximum Gasteiger partial charge on any atom is 0.231 e. The van der Waals surface area contributed by atoms with E-state index in [4.69, 9.17) is 0 Å². The molecule has 0 aliphatic carbocycles. The maximum atomic E-state index is 10.2. The highest BCUT2D eigenvalue weighted by atomic mass is 80.0. The van der Waals surface area contributed by atoms with Crippen molar-refractivity contribution in [2.75, 3.05) is 0 Å². The molecule has 0 spiro atoms. The number of halogens is 5. The molecule has 0 amide bonds. The first kappa shape index (κ1) is 11.1. The number of alkyl halides is 5. The molecule has 0 atom stereocenters. The van der Waals surface area contributed by atoms with Crippen molar-refractivity contribution < 1.29 is 4.79 Å². The van der Waals surface area contributed by atoms with Crippen molar-refractivity contribution >= 4 is 85.9 Å². The van der Waals surface area contributed by atoms with Crippen LogP contribution in [0.25, 0.3) is 0 Å². The van der Waals surface area contributed by atoms with Crippen LogP contribution in [-0.2, 0) is 4.79 Å². The lowest BCUT2D eigenvalue weighted by molar-refractivity contribution is 0.553. The summed E-state index contributed by atoms with van der Waals surface area (Å²) in [5.41, 5.74) is 0. The predicted molar refractivity (Wildman–Crippen MR) is 55.8 cm³/mol. The molecule has 0 heterocycles. The van der Waals surface area contributed by atoms with E-state index >= 15 is 0 Å². The normalized spacial score (nSPS) is 13.4. The van der Waals surface area contributed by atoms with Crippen LogP contribution in [-0.4, -0.2) is 11.7 Å². The van der Waals surface area contributed by atoms with Gasteiger partial charge in [-0.25, -0.2) is 0 Å². The number of hydrogen-bond donors (Lipinski definition) is 0. The van der Waals surface area contributed by atoms with Crippen LogP contribution in [0.15, 0.2) is 0 Å². The summed E-state index contributed by atoms with van der Waals surface area (Å²) in [5.74, 6) is 0. The molecule has 1 nitrogen and oxygen atoms in total. The van der Waals surface area contributed by atoms with Crippen LogP contribution in [0.2, 0.25) is 0 Å². The molecule has 0 aliphatic heterocycles. The first-order valence-electron chi connectivity index (χ1n) is 1.65. The molecule has 0 rings (SSSR count). The number of carbonyl (C=O) groups excluding carboxylic acids is 1. The lowest BCUT2D eigenvalue weighted by Gasteiger charge is -2.21. The molecule has 9 heavy (non-hydrogen) atoms. The van der Waals surface area contributed by atoms with E-state index in [2.05, 4.69) is 79.6 Å². The molecule has 53 valence electrons. The molecule has 6 heteroatoms. The maximum absolute atomic E-state index is 10.2. The van der Waals surface area contributed by atoms with E-state index in [1.165, 1.54) is 0 Å². The third-order valence-corrected chi connectivity index (χ3v) is 6.97. The number of hydrogen-bond acceptors (Lipinski definition) is 1. The zero-order valence-electron chi connectivity index (χ0n) is 3.80.